The van der Waals surface area contributed by atoms with Gasteiger partial charge in [0.2, 0.25) is 0 Å². The molecule has 2 aromatic rings. The lowest BCUT2D eigenvalue weighted by molar-refractivity contribution is 0.0603. The van der Waals surface area contributed by atoms with Crippen LogP contribution >= 0.6 is 0 Å². The van der Waals surface area contributed by atoms with Crippen LogP contribution in [0, 0.1) is 5.41 Å². The summed E-state index contributed by atoms with van der Waals surface area (Å²) in [5.74, 6) is 0.905. The smallest absolute Gasteiger partial charge is 0.134 e. The second kappa shape index (κ2) is 5.35. The Labute approximate surface area is 114 Å². The summed E-state index contributed by atoms with van der Waals surface area (Å²) in [7, 11) is 0. The number of hydrogen-bond donors (Lipinski definition) is 2. The van der Waals surface area contributed by atoms with Crippen molar-refractivity contribution in [1.82, 2.24) is 5.32 Å². The molecule has 19 heavy (non-hydrogen) atoms. The van der Waals surface area contributed by atoms with Crippen LogP contribution in [0.25, 0.3) is 11.0 Å². The molecule has 0 aliphatic heterocycles. The highest BCUT2D eigenvalue weighted by atomic mass is 16.3. The van der Waals surface area contributed by atoms with Crippen LogP contribution in [0.3, 0.4) is 0 Å². The van der Waals surface area contributed by atoms with E-state index < -0.39 is 0 Å². The van der Waals surface area contributed by atoms with Crippen molar-refractivity contribution in [1.29, 1.82) is 0 Å². The van der Waals surface area contributed by atoms with E-state index >= 15 is 0 Å². The lowest BCUT2D eigenvalue weighted by atomic mass is 9.89. The minimum Gasteiger partial charge on any atom is -0.459 e. The predicted octanol–water partition coefficient (Wildman–Crippen LogP) is 3.49. The van der Waals surface area contributed by atoms with Crippen molar-refractivity contribution in [3.8, 4) is 0 Å². The third-order valence-electron chi connectivity index (χ3n) is 3.49. The Bertz CT molecular complexity index is 506. The van der Waals surface area contributed by atoms with Gasteiger partial charge < -0.3 is 14.8 Å². The summed E-state index contributed by atoms with van der Waals surface area (Å²) in [5, 5.41) is 14.5. The monoisotopic (exact) mass is 261 g/mol. The second-order valence-electron chi connectivity index (χ2n) is 6.20. The lowest BCUT2D eigenvalue weighted by Gasteiger charge is -2.27. The molecule has 0 radical (unpaired) electrons. The summed E-state index contributed by atoms with van der Waals surface area (Å²) >= 11 is 0. The zero-order valence-electron chi connectivity index (χ0n) is 12.1. The molecule has 0 bridgehead atoms. The molecule has 0 aliphatic rings. The van der Waals surface area contributed by atoms with Crippen LogP contribution < -0.4 is 5.32 Å². The molecule has 3 nitrogen and oxygen atoms in total. The zero-order valence-corrected chi connectivity index (χ0v) is 12.1. The Hall–Kier alpha value is -1.32. The van der Waals surface area contributed by atoms with E-state index in [-0.39, 0.29) is 17.6 Å². The molecule has 0 fully saturated rings. The van der Waals surface area contributed by atoms with Gasteiger partial charge in [0.15, 0.2) is 0 Å². The van der Waals surface area contributed by atoms with Crippen LogP contribution in [-0.2, 0) is 0 Å². The van der Waals surface area contributed by atoms with E-state index in [9.17, 15) is 5.11 Å². The number of fused-ring (bicyclic) bond motifs is 1. The number of rotatable bonds is 4. The van der Waals surface area contributed by atoms with Gasteiger partial charge in [-0.2, -0.15) is 0 Å². The van der Waals surface area contributed by atoms with Gasteiger partial charge in [-0.15, -0.1) is 0 Å². The number of para-hydroxylation sites is 1. The summed E-state index contributed by atoms with van der Waals surface area (Å²) in [5.41, 5.74) is 0.795. The minimum absolute atomic E-state index is 0.0874. The van der Waals surface area contributed by atoms with E-state index in [1.807, 2.05) is 52.0 Å². The third kappa shape index (κ3) is 3.37. The number of nitrogens with one attached hydrogen (secondary N) is 1. The summed E-state index contributed by atoms with van der Waals surface area (Å²) in [6.45, 7) is 8.70. The van der Waals surface area contributed by atoms with Crippen LogP contribution in [0.4, 0.5) is 0 Å². The van der Waals surface area contributed by atoms with E-state index in [1.165, 1.54) is 0 Å². The van der Waals surface area contributed by atoms with Gasteiger partial charge in [-0.05, 0) is 24.5 Å². The molecule has 1 heterocycles. The van der Waals surface area contributed by atoms with Gasteiger partial charge in [0.1, 0.15) is 11.3 Å². The average molecular weight is 261 g/mol. The topological polar surface area (TPSA) is 45.4 Å². The van der Waals surface area contributed by atoms with Crippen LogP contribution in [0.15, 0.2) is 34.7 Å². The maximum absolute atomic E-state index is 10.0. The van der Waals surface area contributed by atoms with E-state index in [0.29, 0.717) is 6.54 Å². The number of aliphatic hydroxyl groups excluding tert-OH is 1. The molecule has 0 aliphatic carbocycles. The van der Waals surface area contributed by atoms with Gasteiger partial charge in [0.05, 0.1) is 12.1 Å². The van der Waals surface area contributed by atoms with Gasteiger partial charge in [-0.25, -0.2) is 0 Å². The van der Waals surface area contributed by atoms with Crippen molar-refractivity contribution in [2.45, 2.75) is 39.8 Å². The van der Waals surface area contributed by atoms with Crippen LogP contribution in [0.5, 0.6) is 0 Å². The standard InChI is InChI=1S/C16H23NO2/c1-11(17-10-15(18)16(2,3)4)14-9-12-7-5-6-8-13(12)19-14/h5-9,11,15,17-18H,10H2,1-4H3. The summed E-state index contributed by atoms with van der Waals surface area (Å²) in [4.78, 5) is 0. The number of hydrogen-bond acceptors (Lipinski definition) is 3. The van der Waals surface area contributed by atoms with Crippen LogP contribution in [-0.4, -0.2) is 17.8 Å². The normalized spacial score (nSPS) is 15.6. The Balaban J connectivity index is 2.02. The van der Waals surface area contributed by atoms with Crippen molar-refractivity contribution in [3.63, 3.8) is 0 Å². The Morgan fingerprint density at radius 3 is 2.58 bits per heavy atom. The fraction of sp³-hybridized carbons (Fsp3) is 0.500. The quantitative estimate of drug-likeness (QED) is 0.885. The molecule has 3 heteroatoms. The highest BCUT2D eigenvalue weighted by molar-refractivity contribution is 5.77. The summed E-state index contributed by atoms with van der Waals surface area (Å²) < 4.78 is 5.80. The molecule has 0 amide bonds. The summed E-state index contributed by atoms with van der Waals surface area (Å²) in [6.07, 6.45) is -0.376. The van der Waals surface area contributed by atoms with Gasteiger partial charge in [-0.1, -0.05) is 39.0 Å². The second-order valence-corrected chi connectivity index (χ2v) is 6.20. The van der Waals surface area contributed by atoms with E-state index in [2.05, 4.69) is 11.4 Å². The Morgan fingerprint density at radius 1 is 1.26 bits per heavy atom. The number of benzene rings is 1. The molecule has 0 spiro atoms. The fourth-order valence-corrected chi connectivity index (χ4v) is 1.91. The highest BCUT2D eigenvalue weighted by Crippen LogP contribution is 2.24. The summed E-state index contributed by atoms with van der Waals surface area (Å²) in [6, 6.07) is 10.1. The fourth-order valence-electron chi connectivity index (χ4n) is 1.91. The molecular formula is C16H23NO2. The van der Waals surface area contributed by atoms with Crippen LogP contribution in [0.1, 0.15) is 39.5 Å². The first-order chi connectivity index (χ1) is 8.88. The van der Waals surface area contributed by atoms with Crippen molar-refractivity contribution in [2.24, 2.45) is 5.41 Å². The van der Waals surface area contributed by atoms with Crippen molar-refractivity contribution < 1.29 is 9.52 Å². The predicted molar refractivity (Wildman–Crippen MR) is 78.1 cm³/mol. The molecule has 1 aromatic heterocycles. The Kier molecular flexibility index (Phi) is 3.97. The lowest BCUT2D eigenvalue weighted by Crippen LogP contribution is -2.37. The first-order valence-corrected chi connectivity index (χ1v) is 6.78. The van der Waals surface area contributed by atoms with Crippen LogP contribution in [0.2, 0.25) is 0 Å². The van der Waals surface area contributed by atoms with Gasteiger partial charge in [0.25, 0.3) is 0 Å². The average Bonchev–Trinajstić information content (AvgIpc) is 2.78. The van der Waals surface area contributed by atoms with Gasteiger partial charge >= 0.3 is 0 Å². The molecule has 2 N–H and O–H groups in total. The largest absolute Gasteiger partial charge is 0.459 e. The van der Waals surface area contributed by atoms with Crippen molar-refractivity contribution in [3.05, 3.63) is 36.1 Å². The van der Waals surface area contributed by atoms with E-state index in [1.54, 1.807) is 0 Å². The molecule has 2 rings (SSSR count). The maximum atomic E-state index is 10.0. The SMILES string of the molecule is CC(NCC(O)C(C)(C)C)c1cc2ccccc2o1. The first kappa shape index (κ1) is 14.1. The van der Waals surface area contributed by atoms with E-state index in [4.69, 9.17) is 4.42 Å². The highest BCUT2D eigenvalue weighted by Gasteiger charge is 2.22. The third-order valence-corrected chi connectivity index (χ3v) is 3.49. The maximum Gasteiger partial charge on any atom is 0.134 e. The van der Waals surface area contributed by atoms with E-state index in [0.717, 1.165) is 16.7 Å². The van der Waals surface area contributed by atoms with Gasteiger partial charge in [0, 0.05) is 11.9 Å². The molecule has 0 saturated carbocycles. The molecule has 1 aromatic carbocycles. The molecule has 104 valence electrons. The number of furan rings is 1. The number of aliphatic hydroxyl groups is 1. The van der Waals surface area contributed by atoms with Crippen molar-refractivity contribution >= 4 is 11.0 Å². The Morgan fingerprint density at radius 2 is 1.95 bits per heavy atom. The van der Waals surface area contributed by atoms with Gasteiger partial charge in [-0.3, -0.25) is 0 Å². The minimum atomic E-state index is -0.376. The van der Waals surface area contributed by atoms with Crippen molar-refractivity contribution in [2.75, 3.05) is 6.54 Å². The molecule has 2 atom stereocenters. The zero-order chi connectivity index (χ0) is 14.0. The molecule has 2 unspecified atom stereocenters. The molecule has 0 saturated heterocycles. The molecular weight excluding hydrogens is 238 g/mol. The first-order valence-electron chi connectivity index (χ1n) is 6.78.